The largest absolute Gasteiger partial charge is 0.398 e. The van der Waals surface area contributed by atoms with Crippen LogP contribution in [0, 0.1) is 5.82 Å². The molecule has 5 nitrogen and oxygen atoms in total. The summed E-state index contributed by atoms with van der Waals surface area (Å²) in [6, 6.07) is 4.10. The first-order valence-electron chi connectivity index (χ1n) is 6.72. The molecule has 20 heavy (non-hydrogen) atoms. The lowest BCUT2D eigenvalue weighted by Gasteiger charge is -2.20. The van der Waals surface area contributed by atoms with Crippen LogP contribution < -0.4 is 5.73 Å². The molecule has 3 rings (SSSR count). The fraction of sp³-hybridized carbons (Fsp3) is 0.429. The standard InChI is InChI=1S/C14H16FN3O2/c15-9-4-5-11(12(16)7-9)14-17-13(18-20-14)8-10-3-1-2-6-19-10/h4-5,7,10H,1-3,6,8,16H2. The summed E-state index contributed by atoms with van der Waals surface area (Å²) in [5.41, 5.74) is 6.59. The number of anilines is 1. The molecule has 1 saturated heterocycles. The number of nitrogens with zero attached hydrogens (tertiary/aromatic N) is 2. The van der Waals surface area contributed by atoms with Gasteiger partial charge in [-0.05, 0) is 37.5 Å². The molecule has 0 spiro atoms. The van der Waals surface area contributed by atoms with Crippen LogP contribution in [0.4, 0.5) is 10.1 Å². The topological polar surface area (TPSA) is 74.2 Å². The van der Waals surface area contributed by atoms with E-state index >= 15 is 0 Å². The zero-order chi connectivity index (χ0) is 13.9. The Morgan fingerprint density at radius 2 is 2.25 bits per heavy atom. The zero-order valence-corrected chi connectivity index (χ0v) is 11.0. The Bertz CT molecular complexity index is 594. The summed E-state index contributed by atoms with van der Waals surface area (Å²) >= 11 is 0. The van der Waals surface area contributed by atoms with Crippen molar-refractivity contribution in [3.63, 3.8) is 0 Å². The Morgan fingerprint density at radius 1 is 1.35 bits per heavy atom. The maximum absolute atomic E-state index is 13.0. The monoisotopic (exact) mass is 277 g/mol. The van der Waals surface area contributed by atoms with Crippen molar-refractivity contribution in [2.45, 2.75) is 31.8 Å². The summed E-state index contributed by atoms with van der Waals surface area (Å²) in [7, 11) is 0. The Labute approximate surface area is 115 Å². The molecule has 1 aromatic heterocycles. The lowest BCUT2D eigenvalue weighted by Crippen LogP contribution is -2.21. The van der Waals surface area contributed by atoms with Crippen molar-refractivity contribution in [3.8, 4) is 11.5 Å². The molecule has 1 aliphatic rings. The Morgan fingerprint density at radius 3 is 3.00 bits per heavy atom. The van der Waals surface area contributed by atoms with Gasteiger partial charge in [-0.15, -0.1) is 0 Å². The molecule has 0 saturated carbocycles. The number of rotatable bonds is 3. The Kier molecular flexibility index (Phi) is 3.64. The highest BCUT2D eigenvalue weighted by molar-refractivity contribution is 5.70. The third kappa shape index (κ3) is 2.80. The van der Waals surface area contributed by atoms with E-state index in [0.29, 0.717) is 23.7 Å². The Balaban J connectivity index is 1.75. The second kappa shape index (κ2) is 5.58. The minimum absolute atomic E-state index is 0.153. The smallest absolute Gasteiger partial charge is 0.260 e. The van der Waals surface area contributed by atoms with Gasteiger partial charge in [0.25, 0.3) is 5.89 Å². The molecule has 1 fully saturated rings. The quantitative estimate of drug-likeness (QED) is 0.873. The SMILES string of the molecule is Nc1cc(F)ccc1-c1nc(CC2CCCCO2)no1. The molecule has 0 radical (unpaired) electrons. The first kappa shape index (κ1) is 13.1. The number of halogens is 1. The molecule has 0 bridgehead atoms. The molecule has 1 atom stereocenters. The number of aromatic nitrogens is 2. The van der Waals surface area contributed by atoms with E-state index in [1.165, 1.54) is 18.6 Å². The molecule has 1 aromatic carbocycles. The van der Waals surface area contributed by atoms with E-state index in [0.717, 1.165) is 19.4 Å². The van der Waals surface area contributed by atoms with Gasteiger partial charge in [0, 0.05) is 18.7 Å². The normalized spacial score (nSPS) is 19.1. The summed E-state index contributed by atoms with van der Waals surface area (Å²) in [6.45, 7) is 0.792. The van der Waals surface area contributed by atoms with Crippen LogP contribution in [0.1, 0.15) is 25.1 Å². The van der Waals surface area contributed by atoms with Gasteiger partial charge in [0.2, 0.25) is 0 Å². The number of hydrogen-bond donors (Lipinski definition) is 1. The molecule has 0 aliphatic carbocycles. The van der Waals surface area contributed by atoms with Crippen LogP contribution in [-0.4, -0.2) is 22.9 Å². The van der Waals surface area contributed by atoms with Crippen molar-refractivity contribution in [2.24, 2.45) is 0 Å². The van der Waals surface area contributed by atoms with Crippen LogP contribution in [0.2, 0.25) is 0 Å². The van der Waals surface area contributed by atoms with Crippen LogP contribution in [0.3, 0.4) is 0 Å². The number of benzene rings is 1. The minimum atomic E-state index is -0.387. The summed E-state index contributed by atoms with van der Waals surface area (Å²) in [5, 5.41) is 3.93. The van der Waals surface area contributed by atoms with Crippen molar-refractivity contribution in [3.05, 3.63) is 29.8 Å². The maximum Gasteiger partial charge on any atom is 0.260 e. The second-order valence-corrected chi connectivity index (χ2v) is 4.94. The van der Waals surface area contributed by atoms with E-state index in [1.807, 2.05) is 0 Å². The van der Waals surface area contributed by atoms with Gasteiger partial charge in [-0.25, -0.2) is 4.39 Å². The average molecular weight is 277 g/mol. The van der Waals surface area contributed by atoms with Crippen LogP contribution in [0.15, 0.2) is 22.7 Å². The highest BCUT2D eigenvalue weighted by Gasteiger charge is 2.19. The average Bonchev–Trinajstić information content (AvgIpc) is 2.88. The second-order valence-electron chi connectivity index (χ2n) is 4.94. The molecule has 106 valence electrons. The predicted molar refractivity (Wildman–Crippen MR) is 71.4 cm³/mol. The van der Waals surface area contributed by atoms with Crippen molar-refractivity contribution in [2.75, 3.05) is 12.3 Å². The van der Waals surface area contributed by atoms with Gasteiger partial charge < -0.3 is 15.0 Å². The fourth-order valence-corrected chi connectivity index (χ4v) is 2.35. The van der Waals surface area contributed by atoms with E-state index in [1.54, 1.807) is 6.07 Å². The minimum Gasteiger partial charge on any atom is -0.398 e. The zero-order valence-electron chi connectivity index (χ0n) is 11.0. The van der Waals surface area contributed by atoms with Crippen LogP contribution >= 0.6 is 0 Å². The van der Waals surface area contributed by atoms with Crippen LogP contribution in [0.5, 0.6) is 0 Å². The fourth-order valence-electron chi connectivity index (χ4n) is 2.35. The van der Waals surface area contributed by atoms with Crippen LogP contribution in [0.25, 0.3) is 11.5 Å². The number of nitrogens with two attached hydrogens (primary N) is 1. The third-order valence-corrected chi connectivity index (χ3v) is 3.40. The van der Waals surface area contributed by atoms with Gasteiger partial charge in [-0.3, -0.25) is 0 Å². The lowest BCUT2D eigenvalue weighted by atomic mass is 10.1. The Hall–Kier alpha value is -1.95. The first-order chi connectivity index (χ1) is 9.72. The van der Waals surface area contributed by atoms with E-state index < -0.39 is 0 Å². The van der Waals surface area contributed by atoms with E-state index in [-0.39, 0.29) is 17.6 Å². The highest BCUT2D eigenvalue weighted by atomic mass is 19.1. The summed E-state index contributed by atoms with van der Waals surface area (Å²) in [6.07, 6.45) is 4.08. The van der Waals surface area contributed by atoms with Gasteiger partial charge in [0.05, 0.1) is 11.7 Å². The predicted octanol–water partition coefficient (Wildman–Crippen LogP) is 2.57. The molecule has 1 aliphatic heterocycles. The molecule has 2 heterocycles. The number of hydrogen-bond acceptors (Lipinski definition) is 5. The molecule has 2 aromatic rings. The first-order valence-corrected chi connectivity index (χ1v) is 6.72. The van der Waals surface area contributed by atoms with E-state index in [9.17, 15) is 4.39 Å². The molecule has 1 unspecified atom stereocenters. The summed E-state index contributed by atoms with van der Waals surface area (Å²) in [4.78, 5) is 4.30. The van der Waals surface area contributed by atoms with E-state index in [2.05, 4.69) is 10.1 Å². The van der Waals surface area contributed by atoms with Gasteiger partial charge in [0.1, 0.15) is 5.82 Å². The van der Waals surface area contributed by atoms with Gasteiger partial charge in [0.15, 0.2) is 5.82 Å². The van der Waals surface area contributed by atoms with E-state index in [4.69, 9.17) is 15.0 Å². The van der Waals surface area contributed by atoms with Crippen molar-refractivity contribution in [1.29, 1.82) is 0 Å². The third-order valence-electron chi connectivity index (χ3n) is 3.40. The van der Waals surface area contributed by atoms with Crippen molar-refractivity contribution >= 4 is 5.69 Å². The molecule has 2 N–H and O–H groups in total. The highest BCUT2D eigenvalue weighted by Crippen LogP contribution is 2.25. The molecular formula is C14H16FN3O2. The number of ether oxygens (including phenoxy) is 1. The molecule has 6 heteroatoms. The van der Waals surface area contributed by atoms with Gasteiger partial charge >= 0.3 is 0 Å². The number of nitrogen functional groups attached to an aromatic ring is 1. The molecular weight excluding hydrogens is 261 g/mol. The summed E-state index contributed by atoms with van der Waals surface area (Å²) in [5.74, 6) is 0.519. The van der Waals surface area contributed by atoms with Crippen molar-refractivity contribution in [1.82, 2.24) is 10.1 Å². The molecule has 0 amide bonds. The summed E-state index contributed by atoms with van der Waals surface area (Å²) < 4.78 is 23.8. The van der Waals surface area contributed by atoms with Gasteiger partial charge in [-0.1, -0.05) is 5.16 Å². The lowest BCUT2D eigenvalue weighted by molar-refractivity contribution is 0.0153. The van der Waals surface area contributed by atoms with Crippen LogP contribution in [-0.2, 0) is 11.2 Å². The van der Waals surface area contributed by atoms with Crippen molar-refractivity contribution < 1.29 is 13.7 Å². The van der Waals surface area contributed by atoms with Gasteiger partial charge in [-0.2, -0.15) is 4.98 Å². The maximum atomic E-state index is 13.0.